The van der Waals surface area contributed by atoms with E-state index in [1.54, 1.807) is 11.3 Å². The molecule has 1 unspecified atom stereocenters. The minimum absolute atomic E-state index is 0.328. The van der Waals surface area contributed by atoms with E-state index in [0.29, 0.717) is 6.54 Å². The first-order valence-electron chi connectivity index (χ1n) is 5.78. The lowest BCUT2D eigenvalue weighted by molar-refractivity contribution is 0.178. The van der Waals surface area contributed by atoms with E-state index in [-0.39, 0.29) is 6.10 Å². The quantitative estimate of drug-likeness (QED) is 0.699. The lowest BCUT2D eigenvalue weighted by Gasteiger charge is -2.09. The second kappa shape index (κ2) is 5.64. The summed E-state index contributed by atoms with van der Waals surface area (Å²) in [4.78, 5) is 1.06. The number of hydrogen-bond acceptors (Lipinski definition) is 3. The van der Waals surface area contributed by atoms with Crippen LogP contribution in [0.15, 0.2) is 17.5 Å². The Hall–Kier alpha value is -0.380. The van der Waals surface area contributed by atoms with Crippen LogP contribution in [-0.4, -0.2) is 18.2 Å². The molecule has 1 aromatic heterocycles. The second-order valence-electron chi connectivity index (χ2n) is 4.32. The predicted molar refractivity (Wildman–Crippen MR) is 64.1 cm³/mol. The van der Waals surface area contributed by atoms with Crippen LogP contribution in [0, 0.1) is 5.92 Å². The monoisotopic (exact) mass is 225 g/mol. The van der Waals surface area contributed by atoms with Crippen molar-refractivity contribution in [3.63, 3.8) is 0 Å². The average Bonchev–Trinajstić information content (AvgIpc) is 2.90. The van der Waals surface area contributed by atoms with Gasteiger partial charge >= 0.3 is 0 Å². The van der Waals surface area contributed by atoms with Gasteiger partial charge in [-0.15, -0.1) is 11.3 Å². The van der Waals surface area contributed by atoms with Gasteiger partial charge in [-0.25, -0.2) is 0 Å². The van der Waals surface area contributed by atoms with Gasteiger partial charge in [0.2, 0.25) is 0 Å². The number of hydrogen-bond donors (Lipinski definition) is 2. The molecule has 2 N–H and O–H groups in total. The van der Waals surface area contributed by atoms with Crippen molar-refractivity contribution in [2.45, 2.75) is 31.8 Å². The fourth-order valence-electron chi connectivity index (χ4n) is 1.74. The normalized spacial score (nSPS) is 17.9. The molecule has 1 saturated carbocycles. The summed E-state index contributed by atoms with van der Waals surface area (Å²) in [6.45, 7) is 1.73. The van der Waals surface area contributed by atoms with Crippen molar-refractivity contribution in [1.29, 1.82) is 0 Å². The highest BCUT2D eigenvalue weighted by molar-refractivity contribution is 7.10. The van der Waals surface area contributed by atoms with Crippen LogP contribution in [0.3, 0.4) is 0 Å². The Morgan fingerprint density at radius 3 is 3.07 bits per heavy atom. The van der Waals surface area contributed by atoms with Gasteiger partial charge < -0.3 is 10.4 Å². The van der Waals surface area contributed by atoms with Gasteiger partial charge in [-0.1, -0.05) is 18.9 Å². The Kier molecular flexibility index (Phi) is 4.18. The van der Waals surface area contributed by atoms with Crippen LogP contribution >= 0.6 is 11.3 Å². The Morgan fingerprint density at radius 2 is 2.40 bits per heavy atom. The fourth-order valence-corrected chi connectivity index (χ4v) is 2.45. The van der Waals surface area contributed by atoms with E-state index < -0.39 is 0 Å². The van der Waals surface area contributed by atoms with E-state index in [1.165, 1.54) is 25.7 Å². The molecule has 3 heteroatoms. The van der Waals surface area contributed by atoms with Gasteiger partial charge in [-0.2, -0.15) is 0 Å². The van der Waals surface area contributed by atoms with E-state index in [9.17, 15) is 5.11 Å². The fraction of sp³-hybridized carbons (Fsp3) is 0.667. The lowest BCUT2D eigenvalue weighted by Crippen LogP contribution is -2.22. The Balaban J connectivity index is 1.53. The van der Waals surface area contributed by atoms with Crippen molar-refractivity contribution < 1.29 is 5.11 Å². The molecule has 0 aromatic carbocycles. The molecule has 0 radical (unpaired) electrons. The lowest BCUT2D eigenvalue weighted by atomic mass is 10.2. The van der Waals surface area contributed by atoms with Crippen molar-refractivity contribution in [3.8, 4) is 0 Å². The molecule has 1 aliphatic rings. The standard InChI is InChI=1S/C12H19NOS/c14-11(12-4-2-8-15-12)9-13-7-1-3-10-5-6-10/h2,4,8,10-11,13-14H,1,3,5-7,9H2. The zero-order valence-electron chi connectivity index (χ0n) is 8.98. The van der Waals surface area contributed by atoms with E-state index in [0.717, 1.165) is 17.3 Å². The predicted octanol–water partition coefficient (Wildman–Crippen LogP) is 2.56. The zero-order valence-corrected chi connectivity index (χ0v) is 9.80. The maximum atomic E-state index is 9.78. The first-order chi connectivity index (χ1) is 7.36. The topological polar surface area (TPSA) is 32.3 Å². The highest BCUT2D eigenvalue weighted by Crippen LogP contribution is 2.33. The molecule has 0 amide bonds. The number of nitrogens with one attached hydrogen (secondary N) is 1. The molecule has 0 bridgehead atoms. The van der Waals surface area contributed by atoms with Crippen LogP contribution in [0.1, 0.15) is 36.7 Å². The van der Waals surface area contributed by atoms with Crippen LogP contribution in [0.5, 0.6) is 0 Å². The van der Waals surface area contributed by atoms with Crippen LogP contribution in [0.4, 0.5) is 0 Å². The summed E-state index contributed by atoms with van der Waals surface area (Å²) in [5.41, 5.74) is 0. The maximum Gasteiger partial charge on any atom is 0.101 e. The molecule has 1 heterocycles. The average molecular weight is 225 g/mol. The molecule has 0 spiro atoms. The molecule has 2 nitrogen and oxygen atoms in total. The van der Waals surface area contributed by atoms with Crippen molar-refractivity contribution in [2.24, 2.45) is 5.92 Å². The number of aliphatic hydroxyl groups excluding tert-OH is 1. The van der Waals surface area contributed by atoms with E-state index in [1.807, 2.05) is 17.5 Å². The molecular formula is C12H19NOS. The number of aliphatic hydroxyl groups is 1. The maximum absolute atomic E-state index is 9.78. The highest BCUT2D eigenvalue weighted by Gasteiger charge is 2.19. The molecular weight excluding hydrogens is 206 g/mol. The van der Waals surface area contributed by atoms with Crippen LogP contribution in [0.2, 0.25) is 0 Å². The van der Waals surface area contributed by atoms with Gasteiger partial charge in [-0.05, 0) is 36.8 Å². The Bertz CT molecular complexity index is 269. The molecule has 1 atom stereocenters. The van der Waals surface area contributed by atoms with Gasteiger partial charge in [-0.3, -0.25) is 0 Å². The first kappa shape index (κ1) is 11.1. The van der Waals surface area contributed by atoms with E-state index in [2.05, 4.69) is 5.32 Å². The molecule has 1 aromatic rings. The van der Waals surface area contributed by atoms with Crippen molar-refractivity contribution in [3.05, 3.63) is 22.4 Å². The summed E-state index contributed by atoms with van der Waals surface area (Å²) >= 11 is 1.62. The van der Waals surface area contributed by atoms with Gasteiger partial charge in [0.05, 0.1) is 0 Å². The van der Waals surface area contributed by atoms with Crippen molar-refractivity contribution in [1.82, 2.24) is 5.32 Å². The minimum Gasteiger partial charge on any atom is -0.386 e. The third-order valence-electron chi connectivity index (χ3n) is 2.87. The summed E-state index contributed by atoms with van der Waals surface area (Å²) in [6.07, 6.45) is 5.17. The van der Waals surface area contributed by atoms with Gasteiger partial charge in [0.25, 0.3) is 0 Å². The molecule has 1 aliphatic carbocycles. The summed E-state index contributed by atoms with van der Waals surface area (Å²) in [7, 11) is 0. The molecule has 0 saturated heterocycles. The Labute approximate surface area is 95.3 Å². The molecule has 15 heavy (non-hydrogen) atoms. The van der Waals surface area contributed by atoms with Gasteiger partial charge in [0, 0.05) is 11.4 Å². The van der Waals surface area contributed by atoms with Gasteiger partial charge in [0.15, 0.2) is 0 Å². The number of rotatable bonds is 7. The molecule has 2 rings (SSSR count). The number of thiophene rings is 1. The summed E-state index contributed by atoms with van der Waals surface area (Å²) in [5.74, 6) is 1.02. The van der Waals surface area contributed by atoms with Crippen LogP contribution in [-0.2, 0) is 0 Å². The van der Waals surface area contributed by atoms with E-state index in [4.69, 9.17) is 0 Å². The largest absolute Gasteiger partial charge is 0.386 e. The smallest absolute Gasteiger partial charge is 0.101 e. The molecule has 84 valence electrons. The van der Waals surface area contributed by atoms with E-state index >= 15 is 0 Å². The summed E-state index contributed by atoms with van der Waals surface area (Å²) in [6, 6.07) is 3.97. The van der Waals surface area contributed by atoms with Crippen molar-refractivity contribution in [2.75, 3.05) is 13.1 Å². The van der Waals surface area contributed by atoms with Crippen LogP contribution < -0.4 is 5.32 Å². The third-order valence-corrected chi connectivity index (χ3v) is 3.85. The summed E-state index contributed by atoms with van der Waals surface area (Å²) in [5, 5.41) is 15.1. The zero-order chi connectivity index (χ0) is 10.5. The summed E-state index contributed by atoms with van der Waals surface area (Å²) < 4.78 is 0. The highest BCUT2D eigenvalue weighted by atomic mass is 32.1. The SMILES string of the molecule is OC(CNCCCC1CC1)c1cccs1. The van der Waals surface area contributed by atoms with Crippen LogP contribution in [0.25, 0.3) is 0 Å². The third kappa shape index (κ3) is 3.93. The molecule has 1 fully saturated rings. The first-order valence-corrected chi connectivity index (χ1v) is 6.66. The Morgan fingerprint density at radius 1 is 1.53 bits per heavy atom. The van der Waals surface area contributed by atoms with Gasteiger partial charge in [0.1, 0.15) is 6.10 Å². The minimum atomic E-state index is -0.328. The molecule has 0 aliphatic heterocycles. The second-order valence-corrected chi connectivity index (χ2v) is 5.30. The van der Waals surface area contributed by atoms with Crippen molar-refractivity contribution >= 4 is 11.3 Å².